The fourth-order valence-electron chi connectivity index (χ4n) is 2.31. The maximum Gasteiger partial charge on any atom is 0.337 e. The van der Waals surface area contributed by atoms with Crippen LogP contribution in [0.4, 0.5) is 0 Å². The van der Waals surface area contributed by atoms with Gasteiger partial charge in [0.15, 0.2) is 6.10 Å². The number of hydrogen-bond acceptors (Lipinski definition) is 5. The van der Waals surface area contributed by atoms with Crippen LogP contribution >= 0.6 is 0 Å². The molecule has 2 rings (SSSR count). The Balaban J connectivity index is 1.78. The van der Waals surface area contributed by atoms with Gasteiger partial charge in [0, 0.05) is 6.54 Å². The van der Waals surface area contributed by atoms with Crippen molar-refractivity contribution in [3.05, 3.63) is 59.7 Å². The maximum atomic E-state index is 12.1. The van der Waals surface area contributed by atoms with Crippen LogP contribution in [-0.2, 0) is 16.0 Å². The van der Waals surface area contributed by atoms with Gasteiger partial charge >= 0.3 is 5.97 Å². The summed E-state index contributed by atoms with van der Waals surface area (Å²) in [6.45, 7) is 2.19. The number of nitrogens with one attached hydrogen (secondary N) is 1. The van der Waals surface area contributed by atoms with Gasteiger partial charge in [0.25, 0.3) is 5.91 Å². The monoisotopic (exact) mass is 357 g/mol. The zero-order chi connectivity index (χ0) is 18.9. The first-order valence-corrected chi connectivity index (χ1v) is 8.29. The van der Waals surface area contributed by atoms with Crippen molar-refractivity contribution in [3.8, 4) is 11.5 Å². The van der Waals surface area contributed by atoms with Gasteiger partial charge in [0.2, 0.25) is 0 Å². The fourth-order valence-corrected chi connectivity index (χ4v) is 2.31. The van der Waals surface area contributed by atoms with E-state index in [2.05, 4.69) is 10.1 Å². The molecule has 0 aliphatic heterocycles. The first-order valence-electron chi connectivity index (χ1n) is 8.29. The van der Waals surface area contributed by atoms with Gasteiger partial charge in [0.05, 0.1) is 19.8 Å². The van der Waals surface area contributed by atoms with Gasteiger partial charge in [-0.3, -0.25) is 4.79 Å². The molecule has 1 atom stereocenters. The molecule has 1 amide bonds. The van der Waals surface area contributed by atoms with Crippen molar-refractivity contribution >= 4 is 11.9 Å². The van der Waals surface area contributed by atoms with Gasteiger partial charge in [-0.2, -0.15) is 0 Å². The summed E-state index contributed by atoms with van der Waals surface area (Å²) in [6.07, 6.45) is 0.0749. The van der Waals surface area contributed by atoms with Crippen molar-refractivity contribution < 1.29 is 23.8 Å². The second-order valence-electron chi connectivity index (χ2n) is 5.67. The Morgan fingerprint density at radius 3 is 2.15 bits per heavy atom. The van der Waals surface area contributed by atoms with Crippen molar-refractivity contribution in [1.82, 2.24) is 5.32 Å². The molecule has 0 aliphatic rings. The molecule has 0 bridgehead atoms. The number of esters is 1. The number of rotatable bonds is 8. The number of ether oxygens (including phenoxy) is 3. The highest BCUT2D eigenvalue weighted by Crippen LogP contribution is 2.15. The Hall–Kier alpha value is -3.02. The van der Waals surface area contributed by atoms with Gasteiger partial charge in [-0.15, -0.1) is 0 Å². The predicted molar refractivity (Wildman–Crippen MR) is 97.6 cm³/mol. The van der Waals surface area contributed by atoms with E-state index in [0.717, 1.165) is 17.7 Å². The summed E-state index contributed by atoms with van der Waals surface area (Å²) in [5.41, 5.74) is 1.54. The molecule has 26 heavy (non-hydrogen) atoms. The number of carbonyl (C=O) groups excluding carboxylic acids is 2. The standard InChI is InChI=1S/C20H23NO5/c1-14(26-18-10-6-16(7-11-18)20(23)25-3)19(22)21-13-12-15-4-8-17(24-2)9-5-15/h4-11,14H,12-13H2,1-3H3,(H,21,22). The lowest BCUT2D eigenvalue weighted by molar-refractivity contribution is -0.127. The second kappa shape index (κ2) is 9.46. The van der Waals surface area contributed by atoms with Gasteiger partial charge in [-0.05, 0) is 55.3 Å². The SMILES string of the molecule is COC(=O)c1ccc(OC(C)C(=O)NCCc2ccc(OC)cc2)cc1. The van der Waals surface area contributed by atoms with E-state index in [1.807, 2.05) is 24.3 Å². The Morgan fingerprint density at radius 2 is 1.58 bits per heavy atom. The highest BCUT2D eigenvalue weighted by molar-refractivity contribution is 5.89. The zero-order valence-electron chi connectivity index (χ0n) is 15.2. The summed E-state index contributed by atoms with van der Waals surface area (Å²) in [5.74, 6) is 0.699. The van der Waals surface area contributed by atoms with E-state index in [4.69, 9.17) is 9.47 Å². The van der Waals surface area contributed by atoms with Crippen molar-refractivity contribution in [2.75, 3.05) is 20.8 Å². The largest absolute Gasteiger partial charge is 0.497 e. The minimum atomic E-state index is -0.644. The third-order valence-electron chi connectivity index (χ3n) is 3.83. The van der Waals surface area contributed by atoms with Gasteiger partial charge in [-0.25, -0.2) is 4.79 Å². The van der Waals surface area contributed by atoms with Crippen LogP contribution in [-0.4, -0.2) is 38.7 Å². The molecule has 1 N–H and O–H groups in total. The number of amides is 1. The first-order chi connectivity index (χ1) is 12.5. The Bertz CT molecular complexity index is 725. The minimum Gasteiger partial charge on any atom is -0.497 e. The van der Waals surface area contributed by atoms with E-state index in [0.29, 0.717) is 17.9 Å². The topological polar surface area (TPSA) is 73.9 Å². The zero-order valence-corrected chi connectivity index (χ0v) is 15.2. The Morgan fingerprint density at radius 1 is 0.962 bits per heavy atom. The molecule has 0 saturated carbocycles. The molecule has 6 heteroatoms. The lowest BCUT2D eigenvalue weighted by Crippen LogP contribution is -2.37. The summed E-state index contributed by atoms with van der Waals surface area (Å²) in [7, 11) is 2.95. The Labute approximate surface area is 153 Å². The van der Waals surface area contributed by atoms with Gasteiger partial charge < -0.3 is 19.5 Å². The summed E-state index contributed by atoms with van der Waals surface area (Å²) >= 11 is 0. The number of carbonyl (C=O) groups is 2. The van der Waals surface area contributed by atoms with E-state index in [1.165, 1.54) is 7.11 Å². The smallest absolute Gasteiger partial charge is 0.337 e. The quantitative estimate of drug-likeness (QED) is 0.735. The molecule has 0 spiro atoms. The predicted octanol–water partition coefficient (Wildman–Crippen LogP) is 2.61. The molecule has 0 fully saturated rings. The van der Waals surface area contributed by atoms with E-state index in [1.54, 1.807) is 38.3 Å². The van der Waals surface area contributed by atoms with Crippen LogP contribution in [0.1, 0.15) is 22.8 Å². The molecule has 0 aliphatic carbocycles. The molecule has 2 aromatic carbocycles. The average molecular weight is 357 g/mol. The highest BCUT2D eigenvalue weighted by Gasteiger charge is 2.14. The highest BCUT2D eigenvalue weighted by atomic mass is 16.5. The molecule has 1 unspecified atom stereocenters. The van der Waals surface area contributed by atoms with E-state index in [-0.39, 0.29) is 5.91 Å². The molecule has 0 saturated heterocycles. The lowest BCUT2D eigenvalue weighted by Gasteiger charge is -2.15. The second-order valence-corrected chi connectivity index (χ2v) is 5.67. The molecule has 0 radical (unpaired) electrons. The summed E-state index contributed by atoms with van der Waals surface area (Å²) in [6, 6.07) is 14.2. The summed E-state index contributed by atoms with van der Waals surface area (Å²) < 4.78 is 15.3. The van der Waals surface area contributed by atoms with Crippen molar-refractivity contribution in [2.24, 2.45) is 0 Å². The van der Waals surface area contributed by atoms with Crippen molar-refractivity contribution in [1.29, 1.82) is 0 Å². The molecule has 138 valence electrons. The third-order valence-corrected chi connectivity index (χ3v) is 3.83. The number of benzene rings is 2. The van der Waals surface area contributed by atoms with Crippen LogP contribution in [0.2, 0.25) is 0 Å². The average Bonchev–Trinajstić information content (AvgIpc) is 2.68. The number of methoxy groups -OCH3 is 2. The molecule has 6 nitrogen and oxygen atoms in total. The van der Waals surface area contributed by atoms with E-state index < -0.39 is 12.1 Å². The maximum absolute atomic E-state index is 12.1. The van der Waals surface area contributed by atoms with Crippen LogP contribution in [0.3, 0.4) is 0 Å². The molecular weight excluding hydrogens is 334 g/mol. The molecule has 0 aromatic heterocycles. The summed E-state index contributed by atoms with van der Waals surface area (Å²) in [5, 5.41) is 2.85. The van der Waals surface area contributed by atoms with E-state index >= 15 is 0 Å². The molecular formula is C20H23NO5. The molecule has 2 aromatic rings. The van der Waals surface area contributed by atoms with E-state index in [9.17, 15) is 9.59 Å². The van der Waals surface area contributed by atoms with Crippen LogP contribution in [0.25, 0.3) is 0 Å². The number of hydrogen-bond donors (Lipinski definition) is 1. The summed E-state index contributed by atoms with van der Waals surface area (Å²) in [4.78, 5) is 23.5. The Kier molecular flexibility index (Phi) is 7.02. The minimum absolute atomic E-state index is 0.199. The van der Waals surface area contributed by atoms with Gasteiger partial charge in [-0.1, -0.05) is 12.1 Å². The molecule has 0 heterocycles. The van der Waals surface area contributed by atoms with Crippen LogP contribution < -0.4 is 14.8 Å². The van der Waals surface area contributed by atoms with Crippen molar-refractivity contribution in [2.45, 2.75) is 19.4 Å². The van der Waals surface area contributed by atoms with Gasteiger partial charge in [0.1, 0.15) is 11.5 Å². The van der Waals surface area contributed by atoms with Crippen molar-refractivity contribution in [3.63, 3.8) is 0 Å². The normalized spacial score (nSPS) is 11.3. The third kappa shape index (κ3) is 5.51. The van der Waals surface area contributed by atoms with Crippen LogP contribution in [0, 0.1) is 0 Å². The van der Waals surface area contributed by atoms with Crippen LogP contribution in [0.5, 0.6) is 11.5 Å². The fraction of sp³-hybridized carbons (Fsp3) is 0.300. The lowest BCUT2D eigenvalue weighted by atomic mass is 10.1. The first kappa shape index (κ1) is 19.3. The van der Waals surface area contributed by atoms with Crippen LogP contribution in [0.15, 0.2) is 48.5 Å².